The van der Waals surface area contributed by atoms with Crippen molar-refractivity contribution in [1.82, 2.24) is 9.13 Å². The molecule has 5 nitrogen and oxygen atoms in total. The minimum atomic E-state index is -4.86. The minimum Gasteiger partial charge on any atom is -0.454 e. The van der Waals surface area contributed by atoms with E-state index in [1.54, 1.807) is 39.5 Å². The lowest BCUT2D eigenvalue weighted by Crippen LogP contribution is -2.16. The summed E-state index contributed by atoms with van der Waals surface area (Å²) in [6.45, 7) is 0. The maximum atomic E-state index is 16.6. The van der Waals surface area contributed by atoms with Crippen LogP contribution in [0.2, 0.25) is 0 Å². The van der Waals surface area contributed by atoms with Gasteiger partial charge >= 0.3 is 6.18 Å². The predicted octanol–water partition coefficient (Wildman–Crippen LogP) is 14.2. The lowest BCUT2D eigenvalue weighted by Gasteiger charge is -2.23. The quantitative estimate of drug-likeness (QED) is 0.180. The van der Waals surface area contributed by atoms with Gasteiger partial charge < -0.3 is 18.0 Å². The SMILES string of the molecule is N#Cc1cccc(-c2cc(-n3c4ccccc4c4ccc5c6ccccc6oc5c43)c(C(F)(F)F)c(-n3c4ccccc4c4ccc5c6ccccc6oc5c43)c2)c1. The van der Waals surface area contributed by atoms with Gasteiger partial charge in [0.1, 0.15) is 16.7 Å². The van der Waals surface area contributed by atoms with E-state index in [0.717, 1.165) is 43.1 Å². The van der Waals surface area contributed by atoms with Gasteiger partial charge in [-0.15, -0.1) is 0 Å². The molecule has 58 heavy (non-hydrogen) atoms. The molecule has 8 aromatic carbocycles. The molecular weight excluding hydrogens is 732 g/mol. The van der Waals surface area contributed by atoms with Crippen molar-refractivity contribution in [3.05, 3.63) is 169 Å². The molecule has 4 aromatic heterocycles. The number of aromatic nitrogens is 2. The molecule has 12 rings (SSSR count). The number of rotatable bonds is 3. The number of benzene rings is 8. The van der Waals surface area contributed by atoms with Gasteiger partial charge in [0.2, 0.25) is 0 Å². The smallest absolute Gasteiger partial charge is 0.420 e. The van der Waals surface area contributed by atoms with Crippen LogP contribution in [0.5, 0.6) is 0 Å². The van der Waals surface area contributed by atoms with Crippen molar-refractivity contribution in [3.63, 3.8) is 0 Å². The Morgan fingerprint density at radius 1 is 0.448 bits per heavy atom. The number of furan rings is 2. The van der Waals surface area contributed by atoms with Gasteiger partial charge in [-0.2, -0.15) is 18.4 Å². The van der Waals surface area contributed by atoms with Crippen molar-refractivity contribution in [2.45, 2.75) is 6.18 Å². The Hall–Kier alpha value is -7.76. The average molecular weight is 758 g/mol. The van der Waals surface area contributed by atoms with E-state index in [1.165, 1.54) is 0 Å². The Labute approximate surface area is 326 Å². The zero-order chi connectivity index (χ0) is 38.9. The summed E-state index contributed by atoms with van der Waals surface area (Å²) in [7, 11) is 0. The van der Waals surface area contributed by atoms with E-state index in [9.17, 15) is 5.26 Å². The molecule has 4 heterocycles. The molecule has 0 atom stereocenters. The van der Waals surface area contributed by atoms with Crippen LogP contribution in [0.25, 0.3) is 110 Å². The van der Waals surface area contributed by atoms with Crippen molar-refractivity contribution >= 4 is 87.5 Å². The van der Waals surface area contributed by atoms with Gasteiger partial charge in [0.25, 0.3) is 0 Å². The zero-order valence-electron chi connectivity index (χ0n) is 30.3. The number of nitriles is 1. The molecule has 0 amide bonds. The topological polar surface area (TPSA) is 59.9 Å². The highest BCUT2D eigenvalue weighted by molar-refractivity contribution is 6.23. The molecule has 8 heteroatoms. The number of hydrogen-bond donors (Lipinski definition) is 0. The van der Waals surface area contributed by atoms with E-state index in [-0.39, 0.29) is 11.4 Å². The third-order valence-corrected chi connectivity index (χ3v) is 11.5. The lowest BCUT2D eigenvalue weighted by atomic mass is 9.98. The molecule has 274 valence electrons. The van der Waals surface area contributed by atoms with Crippen LogP contribution in [-0.2, 0) is 6.18 Å². The molecule has 0 aliphatic rings. The maximum absolute atomic E-state index is 16.6. The predicted molar refractivity (Wildman–Crippen MR) is 225 cm³/mol. The standard InChI is InChI=1S/C50H26F3N3O2/c51-50(52,53)45-41(55-39-16-5-1-12-31(39)35-20-22-37-33-14-3-7-18-43(33)57-48(37)46(35)55)25-30(29-11-9-10-28(24-29)27-54)26-42(45)56-40-17-6-2-13-32(40)36-21-23-38-34-15-4-8-19-44(34)58-49(38)47(36)56/h1-26H. The van der Waals surface area contributed by atoms with Crippen LogP contribution in [0.15, 0.2) is 167 Å². The summed E-state index contributed by atoms with van der Waals surface area (Å²) in [6, 6.07) is 50.6. The molecule has 0 bridgehead atoms. The van der Waals surface area contributed by atoms with Gasteiger partial charge in [-0.3, -0.25) is 0 Å². The number of halogens is 3. The molecule has 0 fully saturated rings. The summed E-state index contributed by atoms with van der Waals surface area (Å²) < 4.78 is 66.3. The first-order valence-corrected chi connectivity index (χ1v) is 18.8. The second kappa shape index (κ2) is 11.6. The second-order valence-electron chi connectivity index (χ2n) is 14.7. The number of nitrogens with zero attached hydrogens (tertiary/aromatic N) is 3. The Morgan fingerprint density at radius 2 is 0.914 bits per heavy atom. The highest BCUT2D eigenvalue weighted by Crippen LogP contribution is 2.49. The van der Waals surface area contributed by atoms with E-state index in [4.69, 9.17) is 8.83 Å². The summed E-state index contributed by atoms with van der Waals surface area (Å²) >= 11 is 0. The summed E-state index contributed by atoms with van der Waals surface area (Å²) in [4.78, 5) is 0. The van der Waals surface area contributed by atoms with Crippen LogP contribution in [0, 0.1) is 11.3 Å². The lowest BCUT2D eigenvalue weighted by molar-refractivity contribution is -0.137. The third kappa shape index (κ3) is 4.41. The van der Waals surface area contributed by atoms with E-state index in [2.05, 4.69) is 6.07 Å². The number of alkyl halides is 3. The summed E-state index contributed by atoms with van der Waals surface area (Å²) in [5, 5.41) is 16.4. The van der Waals surface area contributed by atoms with Crippen LogP contribution in [0.3, 0.4) is 0 Å². The molecule has 0 N–H and O–H groups in total. The Balaban J connectivity index is 1.32. The normalized spacial score (nSPS) is 12.4. The minimum absolute atomic E-state index is 0.0794. The Kier molecular flexibility index (Phi) is 6.52. The average Bonchev–Trinajstić information content (AvgIpc) is 4.00. The molecule has 0 aliphatic heterocycles. The maximum Gasteiger partial charge on any atom is 0.420 e. The van der Waals surface area contributed by atoms with Crippen molar-refractivity contribution < 1.29 is 22.0 Å². The van der Waals surface area contributed by atoms with Gasteiger partial charge in [0.05, 0.1) is 45.1 Å². The molecule has 0 aliphatic carbocycles. The highest BCUT2D eigenvalue weighted by Gasteiger charge is 2.40. The van der Waals surface area contributed by atoms with Gasteiger partial charge in [-0.1, -0.05) is 97.1 Å². The highest BCUT2D eigenvalue weighted by atomic mass is 19.4. The van der Waals surface area contributed by atoms with Gasteiger partial charge in [-0.25, -0.2) is 0 Å². The zero-order valence-corrected chi connectivity index (χ0v) is 30.3. The molecular formula is C50H26F3N3O2. The van der Waals surface area contributed by atoms with Crippen molar-refractivity contribution in [3.8, 4) is 28.6 Å². The van der Waals surface area contributed by atoms with Crippen LogP contribution in [0.4, 0.5) is 13.2 Å². The first-order valence-electron chi connectivity index (χ1n) is 18.8. The molecule has 0 spiro atoms. The van der Waals surface area contributed by atoms with Crippen LogP contribution in [-0.4, -0.2) is 9.13 Å². The van der Waals surface area contributed by atoms with Gasteiger partial charge in [0.15, 0.2) is 11.2 Å². The number of para-hydroxylation sites is 4. The van der Waals surface area contributed by atoms with E-state index < -0.39 is 11.7 Å². The van der Waals surface area contributed by atoms with E-state index in [0.29, 0.717) is 61.1 Å². The summed E-state index contributed by atoms with van der Waals surface area (Å²) in [5.74, 6) is 0. The fourth-order valence-electron chi connectivity index (χ4n) is 9.15. The fraction of sp³-hybridized carbons (Fsp3) is 0.0200. The van der Waals surface area contributed by atoms with Crippen LogP contribution < -0.4 is 0 Å². The van der Waals surface area contributed by atoms with Crippen molar-refractivity contribution in [2.24, 2.45) is 0 Å². The van der Waals surface area contributed by atoms with Gasteiger partial charge in [-0.05, 0) is 71.8 Å². The fourth-order valence-corrected chi connectivity index (χ4v) is 9.15. The number of hydrogen-bond acceptors (Lipinski definition) is 3. The van der Waals surface area contributed by atoms with E-state index in [1.807, 2.05) is 127 Å². The van der Waals surface area contributed by atoms with Crippen molar-refractivity contribution in [1.29, 1.82) is 5.26 Å². The monoisotopic (exact) mass is 757 g/mol. The molecule has 0 radical (unpaired) electrons. The third-order valence-electron chi connectivity index (χ3n) is 11.5. The summed E-state index contributed by atoms with van der Waals surface area (Å²) in [5.41, 5.74) is 4.98. The first kappa shape index (κ1) is 32.5. The van der Waals surface area contributed by atoms with E-state index >= 15 is 13.2 Å². The largest absolute Gasteiger partial charge is 0.454 e. The number of fused-ring (bicyclic) bond motifs is 14. The molecule has 0 unspecified atom stereocenters. The van der Waals surface area contributed by atoms with Crippen LogP contribution in [0.1, 0.15) is 11.1 Å². The Morgan fingerprint density at radius 3 is 1.41 bits per heavy atom. The van der Waals surface area contributed by atoms with Crippen molar-refractivity contribution in [2.75, 3.05) is 0 Å². The first-order chi connectivity index (χ1) is 28.4. The Bertz CT molecular complexity index is 3550. The van der Waals surface area contributed by atoms with Crippen LogP contribution >= 0.6 is 0 Å². The van der Waals surface area contributed by atoms with Gasteiger partial charge in [0, 0.05) is 43.1 Å². The molecule has 12 aromatic rings. The second-order valence-corrected chi connectivity index (χ2v) is 14.7. The molecule has 0 saturated carbocycles. The summed E-state index contributed by atoms with van der Waals surface area (Å²) in [6.07, 6.45) is -4.86. The molecule has 0 saturated heterocycles.